The van der Waals surface area contributed by atoms with E-state index in [9.17, 15) is 0 Å². The topological polar surface area (TPSA) is 25.8 Å². The van der Waals surface area contributed by atoms with Crippen molar-refractivity contribution >= 4 is 74.1 Å². The maximum absolute atomic E-state index is 3.84. The van der Waals surface area contributed by atoms with Gasteiger partial charge in [0.15, 0.2) is 0 Å². The second-order valence-electron chi connectivity index (χ2n) is 2.22. The van der Waals surface area contributed by atoms with E-state index in [4.69, 9.17) is 0 Å². The summed E-state index contributed by atoms with van der Waals surface area (Å²) in [5.74, 6) is 0. The Kier molecular flexibility index (Phi) is 8.79. The first kappa shape index (κ1) is 13.9. The molecular weight excluding hydrogens is 227 g/mol. The van der Waals surface area contributed by atoms with Gasteiger partial charge in [-0.05, 0) is 13.8 Å². The number of aromatic nitrogens is 2. The van der Waals surface area contributed by atoms with Gasteiger partial charge in [-0.15, -0.1) is 22.7 Å². The summed E-state index contributed by atoms with van der Waals surface area (Å²) in [6.07, 6.45) is 3.70. The maximum atomic E-state index is 3.84. The van der Waals surface area contributed by atoms with Crippen LogP contribution in [0, 0.1) is 13.8 Å². The summed E-state index contributed by atoms with van der Waals surface area (Å²) in [4.78, 5) is 10.2. The summed E-state index contributed by atoms with van der Waals surface area (Å²) in [5, 5.41) is 0. The molecule has 0 aromatic carbocycles. The van der Waals surface area contributed by atoms with Gasteiger partial charge >= 0.3 is 0 Å². The Labute approximate surface area is 129 Å². The molecule has 1 radical (unpaired) electrons. The summed E-state index contributed by atoms with van der Waals surface area (Å²) in [6, 6.07) is 0. The zero-order valence-electron chi connectivity index (χ0n) is 8.02. The smallest absolute Gasteiger partial charge is 0.0794 e. The number of thiazole rings is 2. The van der Waals surface area contributed by atoms with Crippen LogP contribution >= 0.6 is 22.7 Å². The van der Waals surface area contributed by atoms with E-state index >= 15 is 0 Å². The third kappa shape index (κ3) is 6.90. The summed E-state index contributed by atoms with van der Waals surface area (Å²) >= 11 is 3.33. The standard InChI is InChI=1S/2C4H5NS.K/c2*1-4-2-5-3-6-4;/h2*2-3H,1H3;. The van der Waals surface area contributed by atoms with E-state index in [-0.39, 0.29) is 51.4 Å². The molecule has 13 heavy (non-hydrogen) atoms. The van der Waals surface area contributed by atoms with Crippen molar-refractivity contribution in [1.82, 2.24) is 9.97 Å². The van der Waals surface area contributed by atoms with Gasteiger partial charge in [-0.25, -0.2) is 0 Å². The van der Waals surface area contributed by atoms with E-state index in [1.807, 2.05) is 37.3 Å². The average Bonchev–Trinajstić information content (AvgIpc) is 2.63. The van der Waals surface area contributed by atoms with Crippen molar-refractivity contribution in [1.29, 1.82) is 0 Å². The normalized spacial score (nSPS) is 8.15. The van der Waals surface area contributed by atoms with Crippen LogP contribution in [0.5, 0.6) is 0 Å². The minimum Gasteiger partial charge on any atom is -0.253 e. The van der Waals surface area contributed by atoms with Crippen LogP contribution in [0.15, 0.2) is 23.4 Å². The minimum absolute atomic E-state index is 0. The van der Waals surface area contributed by atoms with Crippen LogP contribution in [0.3, 0.4) is 0 Å². The number of rotatable bonds is 0. The van der Waals surface area contributed by atoms with Crippen molar-refractivity contribution in [2.45, 2.75) is 13.8 Å². The third-order valence-electron chi connectivity index (χ3n) is 1.11. The summed E-state index contributed by atoms with van der Waals surface area (Å²) in [5.41, 5.74) is 3.66. The van der Waals surface area contributed by atoms with Crippen molar-refractivity contribution in [2.75, 3.05) is 0 Å². The van der Waals surface area contributed by atoms with Crippen molar-refractivity contribution in [2.24, 2.45) is 0 Å². The SMILES string of the molecule is Cc1cncs1.Cc1cncs1.[K]. The fourth-order valence-electron chi connectivity index (χ4n) is 0.559. The molecule has 0 bridgehead atoms. The van der Waals surface area contributed by atoms with Crippen LogP contribution < -0.4 is 0 Å². The molecule has 65 valence electrons. The summed E-state index contributed by atoms with van der Waals surface area (Å²) in [7, 11) is 0. The molecule has 0 aliphatic rings. The van der Waals surface area contributed by atoms with Crippen molar-refractivity contribution < 1.29 is 0 Å². The number of hydrogen-bond acceptors (Lipinski definition) is 4. The molecule has 0 atom stereocenters. The second-order valence-corrected chi connectivity index (χ2v) is 4.41. The number of nitrogens with zero attached hydrogens (tertiary/aromatic N) is 2. The maximum Gasteiger partial charge on any atom is 0.0794 e. The van der Waals surface area contributed by atoms with E-state index in [0.717, 1.165) is 0 Å². The Hall–Kier alpha value is 0.896. The van der Waals surface area contributed by atoms with Crippen LogP contribution in [0.2, 0.25) is 0 Å². The first-order valence-electron chi connectivity index (χ1n) is 3.49. The molecule has 0 amide bonds. The number of aryl methyl sites for hydroxylation is 2. The van der Waals surface area contributed by atoms with Gasteiger partial charge in [-0.2, -0.15) is 0 Å². The molecule has 2 nitrogen and oxygen atoms in total. The van der Waals surface area contributed by atoms with E-state index in [0.29, 0.717) is 0 Å². The predicted octanol–water partition coefficient (Wildman–Crippen LogP) is 2.52. The van der Waals surface area contributed by atoms with Gasteiger partial charge in [0.25, 0.3) is 0 Å². The summed E-state index contributed by atoms with van der Waals surface area (Å²) < 4.78 is 0. The van der Waals surface area contributed by atoms with Gasteiger partial charge in [0.05, 0.1) is 11.0 Å². The fourth-order valence-corrected chi connectivity index (χ4v) is 1.38. The molecule has 2 rings (SSSR count). The van der Waals surface area contributed by atoms with Crippen LogP contribution in [0.1, 0.15) is 9.75 Å². The molecule has 0 spiro atoms. The molecule has 0 fully saturated rings. The van der Waals surface area contributed by atoms with Crippen LogP contribution in [0.25, 0.3) is 0 Å². The Morgan fingerprint density at radius 2 is 1.31 bits per heavy atom. The molecule has 0 N–H and O–H groups in total. The molecule has 0 saturated heterocycles. The van der Waals surface area contributed by atoms with Gasteiger partial charge < -0.3 is 0 Å². The molecule has 0 aliphatic heterocycles. The monoisotopic (exact) mass is 237 g/mol. The van der Waals surface area contributed by atoms with Crippen molar-refractivity contribution in [3.63, 3.8) is 0 Å². The van der Waals surface area contributed by atoms with Gasteiger partial charge in [-0.3, -0.25) is 9.97 Å². The zero-order chi connectivity index (χ0) is 8.81. The van der Waals surface area contributed by atoms with Crippen LogP contribution in [-0.2, 0) is 0 Å². The van der Waals surface area contributed by atoms with Crippen LogP contribution in [-0.4, -0.2) is 61.4 Å². The number of hydrogen-bond donors (Lipinski definition) is 0. The molecule has 2 heterocycles. The van der Waals surface area contributed by atoms with Gasteiger partial charge in [0.1, 0.15) is 0 Å². The van der Waals surface area contributed by atoms with Crippen molar-refractivity contribution in [3.8, 4) is 0 Å². The van der Waals surface area contributed by atoms with Crippen LogP contribution in [0.4, 0.5) is 0 Å². The quantitative estimate of drug-likeness (QED) is 0.658. The first-order valence-corrected chi connectivity index (χ1v) is 5.25. The molecule has 0 aliphatic carbocycles. The molecular formula is C8H10KN2S2. The largest absolute Gasteiger partial charge is 0.253 e. The first-order chi connectivity index (χ1) is 5.79. The van der Waals surface area contributed by atoms with E-state index in [1.165, 1.54) is 9.75 Å². The Morgan fingerprint density at radius 1 is 0.923 bits per heavy atom. The minimum atomic E-state index is 0. The van der Waals surface area contributed by atoms with Gasteiger partial charge in [-0.1, -0.05) is 0 Å². The molecule has 2 aromatic heterocycles. The molecule has 2 aromatic rings. The van der Waals surface area contributed by atoms with E-state index < -0.39 is 0 Å². The zero-order valence-corrected chi connectivity index (χ0v) is 12.8. The average molecular weight is 237 g/mol. The van der Waals surface area contributed by atoms with E-state index in [2.05, 4.69) is 9.97 Å². The molecule has 0 unspecified atom stereocenters. The molecule has 5 heteroatoms. The fraction of sp³-hybridized carbons (Fsp3) is 0.250. The predicted molar refractivity (Wildman–Crippen MR) is 59.5 cm³/mol. The van der Waals surface area contributed by atoms with Gasteiger partial charge in [0.2, 0.25) is 0 Å². The van der Waals surface area contributed by atoms with Crippen molar-refractivity contribution in [3.05, 3.63) is 33.2 Å². The second kappa shape index (κ2) is 8.22. The Balaban J connectivity index is 0.000000206. The summed E-state index contributed by atoms with van der Waals surface area (Å²) in [6.45, 7) is 4.08. The Morgan fingerprint density at radius 3 is 1.38 bits per heavy atom. The van der Waals surface area contributed by atoms with E-state index in [1.54, 1.807) is 22.7 Å². The molecule has 0 saturated carbocycles. The van der Waals surface area contributed by atoms with Gasteiger partial charge in [0, 0.05) is 73.5 Å². The third-order valence-corrected chi connectivity index (χ3v) is 2.52. The Bertz CT molecular complexity index is 260.